The fourth-order valence-electron chi connectivity index (χ4n) is 2.26. The SMILES string of the molecule is Cc1c(Cl)cccc1OCc1ccc(/C=C/C(=O)c2cnn(C)c2)o1. The van der Waals surface area contributed by atoms with E-state index in [-0.39, 0.29) is 12.4 Å². The van der Waals surface area contributed by atoms with Crippen molar-refractivity contribution in [2.75, 3.05) is 0 Å². The second-order valence-corrected chi connectivity index (χ2v) is 5.96. The van der Waals surface area contributed by atoms with Crippen molar-refractivity contribution < 1.29 is 13.9 Å². The van der Waals surface area contributed by atoms with E-state index in [0.717, 1.165) is 5.56 Å². The van der Waals surface area contributed by atoms with Crippen LogP contribution in [-0.2, 0) is 13.7 Å². The lowest BCUT2D eigenvalue weighted by Gasteiger charge is -2.08. The zero-order valence-electron chi connectivity index (χ0n) is 13.9. The summed E-state index contributed by atoms with van der Waals surface area (Å²) in [7, 11) is 1.76. The molecule has 0 saturated heterocycles. The number of ketones is 1. The summed E-state index contributed by atoms with van der Waals surface area (Å²) in [6.45, 7) is 2.18. The molecule has 0 radical (unpaired) electrons. The van der Waals surface area contributed by atoms with Gasteiger partial charge in [-0.3, -0.25) is 9.48 Å². The van der Waals surface area contributed by atoms with Crippen molar-refractivity contribution in [1.82, 2.24) is 9.78 Å². The van der Waals surface area contributed by atoms with Crippen molar-refractivity contribution in [3.63, 3.8) is 0 Å². The molecule has 2 aromatic heterocycles. The topological polar surface area (TPSA) is 57.3 Å². The van der Waals surface area contributed by atoms with Crippen molar-refractivity contribution in [1.29, 1.82) is 0 Å². The molecular formula is C19H17ClN2O3. The van der Waals surface area contributed by atoms with E-state index >= 15 is 0 Å². The maximum atomic E-state index is 12.0. The third kappa shape index (κ3) is 4.19. The second-order valence-electron chi connectivity index (χ2n) is 5.56. The number of nitrogens with zero attached hydrogens (tertiary/aromatic N) is 2. The van der Waals surface area contributed by atoms with Gasteiger partial charge in [0.2, 0.25) is 0 Å². The Bertz CT molecular complexity index is 924. The van der Waals surface area contributed by atoms with Crippen LogP contribution in [0.3, 0.4) is 0 Å². The Kier molecular flexibility index (Phi) is 5.05. The molecule has 0 unspecified atom stereocenters. The number of furan rings is 1. The Morgan fingerprint density at radius 2 is 2.20 bits per heavy atom. The lowest BCUT2D eigenvalue weighted by atomic mass is 10.2. The summed E-state index contributed by atoms with van der Waals surface area (Å²) in [6, 6.07) is 9.12. The van der Waals surface area contributed by atoms with E-state index < -0.39 is 0 Å². The Labute approximate surface area is 150 Å². The maximum Gasteiger partial charge on any atom is 0.189 e. The van der Waals surface area contributed by atoms with Gasteiger partial charge >= 0.3 is 0 Å². The molecule has 1 aromatic carbocycles. The lowest BCUT2D eigenvalue weighted by molar-refractivity contribution is 0.104. The van der Waals surface area contributed by atoms with Gasteiger partial charge in [-0.05, 0) is 43.3 Å². The van der Waals surface area contributed by atoms with Crippen LogP contribution in [0.5, 0.6) is 5.75 Å². The summed E-state index contributed by atoms with van der Waals surface area (Å²) in [5, 5.41) is 4.64. The van der Waals surface area contributed by atoms with Crippen molar-refractivity contribution in [2.45, 2.75) is 13.5 Å². The van der Waals surface area contributed by atoms with Gasteiger partial charge < -0.3 is 9.15 Å². The minimum absolute atomic E-state index is 0.128. The summed E-state index contributed by atoms with van der Waals surface area (Å²) < 4.78 is 13.0. The summed E-state index contributed by atoms with van der Waals surface area (Å²) >= 11 is 6.07. The number of aryl methyl sites for hydroxylation is 1. The Hall–Kier alpha value is -2.79. The summed E-state index contributed by atoms with van der Waals surface area (Å²) in [4.78, 5) is 12.0. The van der Waals surface area contributed by atoms with Crippen LogP contribution in [0.15, 0.2) is 53.2 Å². The van der Waals surface area contributed by atoms with Crippen LogP contribution in [-0.4, -0.2) is 15.6 Å². The molecule has 0 fully saturated rings. The Balaban J connectivity index is 1.61. The van der Waals surface area contributed by atoms with Gasteiger partial charge in [0.15, 0.2) is 5.78 Å². The smallest absolute Gasteiger partial charge is 0.189 e. The Morgan fingerprint density at radius 1 is 1.36 bits per heavy atom. The molecular weight excluding hydrogens is 340 g/mol. The third-order valence-corrected chi connectivity index (χ3v) is 4.07. The molecule has 0 aliphatic rings. The van der Waals surface area contributed by atoms with E-state index in [4.69, 9.17) is 20.8 Å². The van der Waals surface area contributed by atoms with E-state index in [1.54, 1.807) is 30.1 Å². The predicted octanol–water partition coefficient (Wildman–Crippen LogP) is 4.45. The average Bonchev–Trinajstić information content (AvgIpc) is 3.23. The first-order chi connectivity index (χ1) is 12.0. The summed E-state index contributed by atoms with van der Waals surface area (Å²) in [6.07, 6.45) is 6.29. The molecule has 0 atom stereocenters. The fourth-order valence-corrected chi connectivity index (χ4v) is 2.42. The van der Waals surface area contributed by atoms with Gasteiger partial charge in [0.25, 0.3) is 0 Å². The fraction of sp³-hybridized carbons (Fsp3) is 0.158. The van der Waals surface area contributed by atoms with Gasteiger partial charge in [0.1, 0.15) is 23.9 Å². The lowest BCUT2D eigenvalue weighted by Crippen LogP contribution is -1.95. The highest BCUT2D eigenvalue weighted by Gasteiger charge is 2.07. The number of halogens is 1. The molecule has 6 heteroatoms. The molecule has 0 N–H and O–H groups in total. The highest BCUT2D eigenvalue weighted by atomic mass is 35.5. The van der Waals surface area contributed by atoms with Crippen molar-refractivity contribution in [3.8, 4) is 5.75 Å². The quantitative estimate of drug-likeness (QED) is 0.483. The molecule has 0 spiro atoms. The van der Waals surface area contributed by atoms with Gasteiger partial charge in [-0.2, -0.15) is 5.10 Å². The second kappa shape index (κ2) is 7.40. The number of carbonyl (C=O) groups is 1. The molecule has 0 bridgehead atoms. The molecule has 3 rings (SSSR count). The van der Waals surface area contributed by atoms with Gasteiger partial charge in [0.05, 0.1) is 11.8 Å². The van der Waals surface area contributed by atoms with Gasteiger partial charge in [-0.25, -0.2) is 0 Å². The van der Waals surface area contributed by atoms with Gasteiger partial charge in [-0.1, -0.05) is 17.7 Å². The van der Waals surface area contributed by atoms with E-state index in [2.05, 4.69) is 5.10 Å². The number of hydrogen-bond acceptors (Lipinski definition) is 4. The number of benzene rings is 1. The van der Waals surface area contributed by atoms with Crippen LogP contribution in [0, 0.1) is 6.92 Å². The van der Waals surface area contributed by atoms with Gasteiger partial charge in [0, 0.05) is 23.8 Å². The molecule has 128 valence electrons. The van der Waals surface area contributed by atoms with E-state index in [1.165, 1.54) is 12.3 Å². The number of ether oxygens (including phenoxy) is 1. The van der Waals surface area contributed by atoms with E-state index in [0.29, 0.717) is 27.9 Å². The first kappa shape index (κ1) is 17.0. The van der Waals surface area contributed by atoms with Crippen LogP contribution in [0.4, 0.5) is 0 Å². The first-order valence-electron chi connectivity index (χ1n) is 7.70. The Morgan fingerprint density at radius 3 is 2.96 bits per heavy atom. The van der Waals surface area contributed by atoms with E-state index in [1.807, 2.05) is 31.2 Å². The van der Waals surface area contributed by atoms with Crippen molar-refractivity contribution >= 4 is 23.5 Å². The first-order valence-corrected chi connectivity index (χ1v) is 8.08. The van der Waals surface area contributed by atoms with Crippen molar-refractivity contribution in [3.05, 3.63) is 76.5 Å². The van der Waals surface area contributed by atoms with Crippen LogP contribution in [0.1, 0.15) is 27.4 Å². The number of rotatable bonds is 6. The molecule has 0 amide bonds. The molecule has 3 aromatic rings. The minimum atomic E-state index is -0.128. The molecule has 25 heavy (non-hydrogen) atoms. The number of carbonyl (C=O) groups excluding carboxylic acids is 1. The summed E-state index contributed by atoms with van der Waals surface area (Å²) in [5.41, 5.74) is 1.42. The zero-order chi connectivity index (χ0) is 17.8. The van der Waals surface area contributed by atoms with Crippen LogP contribution >= 0.6 is 11.6 Å². The normalized spacial score (nSPS) is 11.2. The number of allylic oxidation sites excluding steroid dienone is 1. The zero-order valence-corrected chi connectivity index (χ0v) is 14.7. The molecule has 0 aliphatic heterocycles. The molecule has 0 saturated carbocycles. The molecule has 5 nitrogen and oxygen atoms in total. The third-order valence-electron chi connectivity index (χ3n) is 3.66. The number of aromatic nitrogens is 2. The monoisotopic (exact) mass is 356 g/mol. The minimum Gasteiger partial charge on any atom is -0.485 e. The highest BCUT2D eigenvalue weighted by Crippen LogP contribution is 2.26. The maximum absolute atomic E-state index is 12.0. The highest BCUT2D eigenvalue weighted by molar-refractivity contribution is 6.31. The van der Waals surface area contributed by atoms with Crippen LogP contribution in [0.25, 0.3) is 6.08 Å². The molecule has 2 heterocycles. The predicted molar refractivity (Wildman–Crippen MR) is 95.8 cm³/mol. The van der Waals surface area contributed by atoms with E-state index in [9.17, 15) is 4.79 Å². The van der Waals surface area contributed by atoms with Crippen LogP contribution < -0.4 is 4.74 Å². The summed E-state index contributed by atoms with van der Waals surface area (Å²) in [5.74, 6) is 1.83. The standard InChI is InChI=1S/C19H17ClN2O3/c1-13-17(20)4-3-5-19(13)24-12-16-7-6-15(25-16)8-9-18(23)14-10-21-22(2)11-14/h3-11H,12H2,1-2H3/b9-8+. The van der Waals surface area contributed by atoms with Crippen LogP contribution in [0.2, 0.25) is 5.02 Å². The largest absolute Gasteiger partial charge is 0.485 e. The van der Waals surface area contributed by atoms with Crippen molar-refractivity contribution in [2.24, 2.45) is 7.05 Å². The number of hydrogen-bond donors (Lipinski definition) is 0. The van der Waals surface area contributed by atoms with Gasteiger partial charge in [-0.15, -0.1) is 0 Å². The molecule has 0 aliphatic carbocycles. The average molecular weight is 357 g/mol.